The normalized spacial score (nSPS) is 18.2. The van der Waals surface area contributed by atoms with Crippen molar-refractivity contribution in [1.29, 1.82) is 0 Å². The summed E-state index contributed by atoms with van der Waals surface area (Å²) in [6, 6.07) is 11.3. The molecule has 140 valence electrons. The Hall–Kier alpha value is -2.67. The van der Waals surface area contributed by atoms with Crippen LogP contribution in [0.4, 0.5) is 4.39 Å². The van der Waals surface area contributed by atoms with Crippen LogP contribution in [0, 0.1) is 5.82 Å². The summed E-state index contributed by atoms with van der Waals surface area (Å²) in [5, 5.41) is 3.84. The third-order valence-corrected chi connectivity index (χ3v) is 6.86. The molecular weight excluding hydrogens is 367 g/mol. The lowest BCUT2D eigenvalue weighted by Gasteiger charge is -2.24. The first-order valence-electron chi connectivity index (χ1n) is 8.80. The molecule has 0 fully saturated rings. The van der Waals surface area contributed by atoms with Crippen LogP contribution in [0.2, 0.25) is 0 Å². The molecule has 27 heavy (non-hydrogen) atoms. The summed E-state index contributed by atoms with van der Waals surface area (Å²) in [4.78, 5) is 15.9. The molecule has 2 N–H and O–H groups in total. The standard InChI is InChI=1S/C20H19FN2O3S/c21-14-5-6-15-13(12-23-18(15)11-14)7-9-22-20(24)17-8-10-27(25,26)19-4-2-1-3-16(17)19/h1-6,11-12,17,23H,7-10H2,(H,22,24). The Morgan fingerprint density at radius 1 is 1.22 bits per heavy atom. The Morgan fingerprint density at radius 3 is 2.89 bits per heavy atom. The van der Waals surface area contributed by atoms with Crippen molar-refractivity contribution in [3.05, 3.63) is 65.6 Å². The predicted molar refractivity (Wildman–Crippen MR) is 101 cm³/mol. The monoisotopic (exact) mass is 386 g/mol. The van der Waals surface area contributed by atoms with E-state index < -0.39 is 15.8 Å². The second kappa shape index (κ2) is 6.81. The van der Waals surface area contributed by atoms with Gasteiger partial charge in [0.25, 0.3) is 0 Å². The van der Waals surface area contributed by atoms with Crippen LogP contribution < -0.4 is 5.32 Å². The maximum atomic E-state index is 13.3. The lowest BCUT2D eigenvalue weighted by atomic mass is 9.95. The largest absolute Gasteiger partial charge is 0.361 e. The van der Waals surface area contributed by atoms with Crippen LogP contribution >= 0.6 is 0 Å². The molecule has 2 heterocycles. The molecule has 1 aliphatic heterocycles. The fourth-order valence-corrected chi connectivity index (χ4v) is 5.29. The Morgan fingerprint density at radius 2 is 2.04 bits per heavy atom. The Labute approximate surface area is 156 Å². The van der Waals surface area contributed by atoms with Crippen LogP contribution in [0.5, 0.6) is 0 Å². The van der Waals surface area contributed by atoms with Crippen molar-refractivity contribution < 1.29 is 17.6 Å². The molecule has 1 amide bonds. The Bertz CT molecular complexity index is 1120. The van der Waals surface area contributed by atoms with E-state index >= 15 is 0 Å². The van der Waals surface area contributed by atoms with Crippen molar-refractivity contribution in [1.82, 2.24) is 10.3 Å². The number of H-pyrrole nitrogens is 1. The molecule has 0 saturated carbocycles. The smallest absolute Gasteiger partial charge is 0.227 e. The molecule has 0 bridgehead atoms. The lowest BCUT2D eigenvalue weighted by molar-refractivity contribution is -0.122. The number of carbonyl (C=O) groups is 1. The average Bonchev–Trinajstić information content (AvgIpc) is 3.04. The van der Waals surface area contributed by atoms with Crippen LogP contribution in [0.3, 0.4) is 0 Å². The summed E-state index contributed by atoms with van der Waals surface area (Å²) in [5.74, 6) is -0.934. The van der Waals surface area contributed by atoms with Crippen molar-refractivity contribution in [3.63, 3.8) is 0 Å². The molecule has 0 aliphatic carbocycles. The van der Waals surface area contributed by atoms with Gasteiger partial charge in [-0.25, -0.2) is 12.8 Å². The second-order valence-electron chi connectivity index (χ2n) is 6.74. The highest BCUT2D eigenvalue weighted by Crippen LogP contribution is 2.33. The fourth-order valence-electron chi connectivity index (χ4n) is 3.67. The maximum absolute atomic E-state index is 13.3. The topological polar surface area (TPSA) is 79.0 Å². The van der Waals surface area contributed by atoms with E-state index in [-0.39, 0.29) is 28.8 Å². The Balaban J connectivity index is 1.45. The molecule has 1 aliphatic rings. The van der Waals surface area contributed by atoms with Crippen molar-refractivity contribution in [2.75, 3.05) is 12.3 Å². The first kappa shape index (κ1) is 17.7. The summed E-state index contributed by atoms with van der Waals surface area (Å²) in [7, 11) is -3.31. The van der Waals surface area contributed by atoms with Crippen LogP contribution in [-0.4, -0.2) is 31.6 Å². The number of amides is 1. The van der Waals surface area contributed by atoms with Crippen molar-refractivity contribution >= 4 is 26.6 Å². The summed E-state index contributed by atoms with van der Waals surface area (Å²) in [6.07, 6.45) is 2.71. The van der Waals surface area contributed by atoms with Gasteiger partial charge in [0.2, 0.25) is 5.91 Å². The number of halogens is 1. The molecule has 7 heteroatoms. The molecule has 0 spiro atoms. The van der Waals surface area contributed by atoms with Crippen LogP contribution in [0.25, 0.3) is 10.9 Å². The quantitative estimate of drug-likeness (QED) is 0.724. The highest BCUT2D eigenvalue weighted by Gasteiger charge is 2.33. The van der Waals surface area contributed by atoms with Gasteiger partial charge >= 0.3 is 0 Å². The van der Waals surface area contributed by atoms with Gasteiger partial charge < -0.3 is 10.3 Å². The zero-order valence-electron chi connectivity index (χ0n) is 14.5. The Kier molecular flexibility index (Phi) is 4.47. The average molecular weight is 386 g/mol. The predicted octanol–water partition coefficient (Wildman–Crippen LogP) is 2.93. The minimum Gasteiger partial charge on any atom is -0.361 e. The number of rotatable bonds is 4. The van der Waals surface area contributed by atoms with Gasteiger partial charge in [0.05, 0.1) is 16.6 Å². The first-order valence-corrected chi connectivity index (χ1v) is 10.5. The number of aromatic amines is 1. The van der Waals surface area contributed by atoms with E-state index in [1.165, 1.54) is 12.1 Å². The zero-order valence-corrected chi connectivity index (χ0v) is 15.4. The highest BCUT2D eigenvalue weighted by molar-refractivity contribution is 7.91. The minimum atomic E-state index is -3.31. The highest BCUT2D eigenvalue weighted by atomic mass is 32.2. The molecule has 2 aromatic carbocycles. The van der Waals surface area contributed by atoms with Crippen molar-refractivity contribution in [2.24, 2.45) is 0 Å². The summed E-state index contributed by atoms with van der Waals surface area (Å²) in [5.41, 5.74) is 2.29. The lowest BCUT2D eigenvalue weighted by Crippen LogP contribution is -2.34. The third-order valence-electron chi connectivity index (χ3n) is 5.04. The summed E-state index contributed by atoms with van der Waals surface area (Å²) < 4.78 is 37.7. The van der Waals surface area contributed by atoms with E-state index in [4.69, 9.17) is 0 Å². The van der Waals surface area contributed by atoms with Crippen molar-refractivity contribution in [3.8, 4) is 0 Å². The van der Waals surface area contributed by atoms with Gasteiger partial charge in [-0.05, 0) is 48.2 Å². The molecule has 0 saturated heterocycles. The third kappa shape index (κ3) is 3.35. The summed E-state index contributed by atoms with van der Waals surface area (Å²) in [6.45, 7) is 0.425. The van der Waals surface area contributed by atoms with E-state index in [1.807, 2.05) is 6.20 Å². The first-order chi connectivity index (χ1) is 13.0. The number of fused-ring (bicyclic) bond motifs is 2. The zero-order chi connectivity index (χ0) is 19.0. The van der Waals surface area contributed by atoms with E-state index in [9.17, 15) is 17.6 Å². The van der Waals surface area contributed by atoms with Gasteiger partial charge in [0.15, 0.2) is 9.84 Å². The van der Waals surface area contributed by atoms with Crippen LogP contribution in [0.1, 0.15) is 23.5 Å². The number of carbonyl (C=O) groups excluding carboxylic acids is 1. The summed E-state index contributed by atoms with van der Waals surface area (Å²) >= 11 is 0. The van der Waals surface area contributed by atoms with Gasteiger partial charge in [-0.2, -0.15) is 0 Å². The fraction of sp³-hybridized carbons (Fsp3) is 0.250. The molecule has 1 unspecified atom stereocenters. The minimum absolute atomic E-state index is 0.0177. The molecule has 3 aromatic rings. The van der Waals surface area contributed by atoms with Gasteiger partial charge in [-0.15, -0.1) is 0 Å². The molecule has 1 atom stereocenters. The molecule has 1 aromatic heterocycles. The van der Waals surface area contributed by atoms with Gasteiger partial charge in [0.1, 0.15) is 5.82 Å². The second-order valence-corrected chi connectivity index (χ2v) is 8.82. The van der Waals surface area contributed by atoms with Crippen LogP contribution in [0.15, 0.2) is 53.6 Å². The molecular formula is C20H19FN2O3S. The van der Waals surface area contributed by atoms with E-state index in [1.54, 1.807) is 30.3 Å². The number of hydrogen-bond donors (Lipinski definition) is 2. The number of hydrogen-bond acceptors (Lipinski definition) is 3. The number of benzene rings is 2. The van der Waals surface area contributed by atoms with Crippen molar-refractivity contribution in [2.45, 2.75) is 23.7 Å². The van der Waals surface area contributed by atoms with Gasteiger partial charge in [0, 0.05) is 23.6 Å². The van der Waals surface area contributed by atoms with E-state index in [0.29, 0.717) is 18.5 Å². The molecule has 5 nitrogen and oxygen atoms in total. The maximum Gasteiger partial charge on any atom is 0.227 e. The number of aromatic nitrogens is 1. The van der Waals surface area contributed by atoms with E-state index in [0.717, 1.165) is 16.5 Å². The van der Waals surface area contributed by atoms with Gasteiger partial charge in [-0.3, -0.25) is 4.79 Å². The van der Waals surface area contributed by atoms with E-state index in [2.05, 4.69) is 10.3 Å². The molecule has 0 radical (unpaired) electrons. The number of sulfone groups is 1. The number of nitrogens with one attached hydrogen (secondary N) is 2. The SMILES string of the molecule is O=C(NCCc1c[nH]c2cc(F)ccc12)C1CCS(=O)(=O)c2ccccc21. The van der Waals surface area contributed by atoms with Gasteiger partial charge in [-0.1, -0.05) is 18.2 Å². The van der Waals surface area contributed by atoms with Crippen LogP contribution in [-0.2, 0) is 21.1 Å². The molecule has 4 rings (SSSR count).